The molecule has 6 heteroatoms. The molecule has 3 rings (SSSR count). The normalized spacial score (nSPS) is 16.5. The van der Waals surface area contributed by atoms with Gasteiger partial charge in [-0.3, -0.25) is 0 Å². The number of hydrogen-bond donors (Lipinski definition) is 3. The third kappa shape index (κ3) is 4.54. The van der Waals surface area contributed by atoms with E-state index in [2.05, 4.69) is 27.7 Å². The number of aliphatic hydroxyl groups is 1. The van der Waals surface area contributed by atoms with Crippen molar-refractivity contribution in [2.75, 3.05) is 24.5 Å². The molecular formula is C19H25N3O3. The lowest BCUT2D eigenvalue weighted by Crippen LogP contribution is -2.39. The smallest absolute Gasteiger partial charge is 0.315 e. The average Bonchev–Trinajstić information content (AvgIpc) is 3.33. The fourth-order valence-electron chi connectivity index (χ4n) is 3.07. The van der Waals surface area contributed by atoms with Crippen LogP contribution in [0.1, 0.15) is 43.2 Å². The van der Waals surface area contributed by atoms with E-state index in [4.69, 9.17) is 4.42 Å². The zero-order valence-corrected chi connectivity index (χ0v) is 14.4. The molecule has 2 heterocycles. The molecule has 134 valence electrons. The summed E-state index contributed by atoms with van der Waals surface area (Å²) in [6.45, 7) is 4.23. The summed E-state index contributed by atoms with van der Waals surface area (Å²) in [5.41, 5.74) is 2.27. The molecule has 6 nitrogen and oxygen atoms in total. The van der Waals surface area contributed by atoms with Gasteiger partial charge in [-0.15, -0.1) is 0 Å². The second kappa shape index (κ2) is 8.07. The summed E-state index contributed by atoms with van der Waals surface area (Å²) in [6.07, 6.45) is 3.11. The van der Waals surface area contributed by atoms with Gasteiger partial charge in [0.25, 0.3) is 0 Å². The molecule has 2 unspecified atom stereocenters. The highest BCUT2D eigenvalue weighted by Crippen LogP contribution is 2.24. The molecule has 2 atom stereocenters. The molecule has 2 aromatic rings. The van der Waals surface area contributed by atoms with Gasteiger partial charge in [0.1, 0.15) is 11.9 Å². The first-order chi connectivity index (χ1) is 12.1. The molecule has 0 aliphatic carbocycles. The van der Waals surface area contributed by atoms with E-state index in [9.17, 15) is 9.90 Å². The Morgan fingerprint density at radius 1 is 1.28 bits per heavy atom. The van der Waals surface area contributed by atoms with Crippen molar-refractivity contribution in [2.24, 2.45) is 0 Å². The molecule has 0 spiro atoms. The van der Waals surface area contributed by atoms with Gasteiger partial charge in [-0.1, -0.05) is 12.1 Å². The number of urea groups is 1. The third-order valence-corrected chi connectivity index (χ3v) is 4.52. The number of furan rings is 1. The van der Waals surface area contributed by atoms with Crippen molar-refractivity contribution >= 4 is 11.7 Å². The maximum Gasteiger partial charge on any atom is 0.315 e. The van der Waals surface area contributed by atoms with Gasteiger partial charge < -0.3 is 25.1 Å². The van der Waals surface area contributed by atoms with Gasteiger partial charge in [0.05, 0.1) is 18.8 Å². The predicted molar refractivity (Wildman–Crippen MR) is 96.5 cm³/mol. The number of rotatable bonds is 6. The first kappa shape index (κ1) is 17.4. The molecule has 0 bridgehead atoms. The van der Waals surface area contributed by atoms with Gasteiger partial charge in [-0.25, -0.2) is 4.79 Å². The van der Waals surface area contributed by atoms with Crippen LogP contribution in [-0.2, 0) is 0 Å². The molecule has 3 N–H and O–H groups in total. The Hall–Kier alpha value is -2.47. The van der Waals surface area contributed by atoms with E-state index in [1.54, 1.807) is 12.1 Å². The second-order valence-corrected chi connectivity index (χ2v) is 6.40. The van der Waals surface area contributed by atoms with Crippen LogP contribution in [0.5, 0.6) is 0 Å². The number of nitrogens with zero attached hydrogens (tertiary/aromatic N) is 1. The molecule has 1 aliphatic rings. The van der Waals surface area contributed by atoms with Crippen molar-refractivity contribution in [1.29, 1.82) is 0 Å². The van der Waals surface area contributed by atoms with Crippen molar-refractivity contribution < 1.29 is 14.3 Å². The van der Waals surface area contributed by atoms with Gasteiger partial charge in [0, 0.05) is 18.8 Å². The lowest BCUT2D eigenvalue weighted by Gasteiger charge is -2.21. The summed E-state index contributed by atoms with van der Waals surface area (Å²) in [7, 11) is 0. The van der Waals surface area contributed by atoms with Crippen molar-refractivity contribution in [2.45, 2.75) is 31.9 Å². The Balaban J connectivity index is 1.52. The fourth-order valence-corrected chi connectivity index (χ4v) is 3.07. The highest BCUT2D eigenvalue weighted by atomic mass is 16.4. The average molecular weight is 343 g/mol. The van der Waals surface area contributed by atoms with Gasteiger partial charge in [-0.05, 0) is 49.6 Å². The quantitative estimate of drug-likeness (QED) is 0.753. The summed E-state index contributed by atoms with van der Waals surface area (Å²) in [5.74, 6) is 0.437. The first-order valence-electron chi connectivity index (χ1n) is 8.74. The van der Waals surface area contributed by atoms with E-state index in [0.717, 1.165) is 18.7 Å². The van der Waals surface area contributed by atoms with Crippen LogP contribution in [0, 0.1) is 0 Å². The number of carbonyl (C=O) groups excluding carboxylic acids is 1. The number of anilines is 1. The Morgan fingerprint density at radius 3 is 2.80 bits per heavy atom. The summed E-state index contributed by atoms with van der Waals surface area (Å²) in [5, 5.41) is 15.5. The zero-order valence-electron chi connectivity index (χ0n) is 14.4. The molecular weight excluding hydrogens is 318 g/mol. The van der Waals surface area contributed by atoms with Crippen LogP contribution in [0.3, 0.4) is 0 Å². The van der Waals surface area contributed by atoms with E-state index in [1.807, 2.05) is 19.1 Å². The first-order valence-corrected chi connectivity index (χ1v) is 8.74. The second-order valence-electron chi connectivity index (χ2n) is 6.40. The number of nitrogens with one attached hydrogen (secondary N) is 2. The molecule has 1 aromatic heterocycles. The summed E-state index contributed by atoms with van der Waals surface area (Å²) in [6, 6.07) is 11.2. The van der Waals surface area contributed by atoms with Crippen molar-refractivity contribution in [1.82, 2.24) is 10.6 Å². The van der Waals surface area contributed by atoms with Crippen LogP contribution < -0.4 is 15.5 Å². The van der Waals surface area contributed by atoms with E-state index in [-0.39, 0.29) is 18.6 Å². The lowest BCUT2D eigenvalue weighted by atomic mass is 10.1. The predicted octanol–water partition coefficient (Wildman–Crippen LogP) is 2.97. The Labute approximate surface area is 147 Å². The summed E-state index contributed by atoms with van der Waals surface area (Å²) >= 11 is 0. The van der Waals surface area contributed by atoms with Crippen LogP contribution in [0.4, 0.5) is 10.5 Å². The largest absolute Gasteiger partial charge is 0.467 e. The molecule has 1 aromatic carbocycles. The molecule has 0 radical (unpaired) electrons. The standard InChI is InChI=1S/C19H25N3O3/c1-14(15-6-4-7-16(12-15)22-9-2-3-10-22)21-19(24)20-13-17(23)18-8-5-11-25-18/h4-8,11-12,14,17,23H,2-3,9-10,13H2,1H3,(H2,20,21,24). The fraction of sp³-hybridized carbons (Fsp3) is 0.421. The van der Waals surface area contributed by atoms with Crippen molar-refractivity contribution in [3.05, 3.63) is 54.0 Å². The number of hydrogen-bond acceptors (Lipinski definition) is 4. The van der Waals surface area contributed by atoms with E-state index >= 15 is 0 Å². The highest BCUT2D eigenvalue weighted by Gasteiger charge is 2.16. The highest BCUT2D eigenvalue weighted by molar-refractivity contribution is 5.74. The van der Waals surface area contributed by atoms with Gasteiger partial charge in [0.2, 0.25) is 0 Å². The van der Waals surface area contributed by atoms with Gasteiger partial charge >= 0.3 is 6.03 Å². The van der Waals surface area contributed by atoms with Crippen LogP contribution in [0.15, 0.2) is 47.1 Å². The van der Waals surface area contributed by atoms with Crippen molar-refractivity contribution in [3.63, 3.8) is 0 Å². The SMILES string of the molecule is CC(NC(=O)NCC(O)c1ccco1)c1cccc(N2CCCC2)c1. The van der Waals surface area contributed by atoms with Crippen LogP contribution in [-0.4, -0.2) is 30.8 Å². The maximum absolute atomic E-state index is 12.1. The number of carbonyl (C=O) groups is 1. The van der Waals surface area contributed by atoms with Gasteiger partial charge in [-0.2, -0.15) is 0 Å². The third-order valence-electron chi connectivity index (χ3n) is 4.52. The van der Waals surface area contributed by atoms with Crippen LogP contribution in [0.2, 0.25) is 0 Å². The molecule has 0 saturated carbocycles. The monoisotopic (exact) mass is 343 g/mol. The van der Waals surface area contributed by atoms with Gasteiger partial charge in [0.15, 0.2) is 0 Å². The van der Waals surface area contributed by atoms with Crippen molar-refractivity contribution in [3.8, 4) is 0 Å². The summed E-state index contributed by atoms with van der Waals surface area (Å²) < 4.78 is 5.11. The lowest BCUT2D eigenvalue weighted by molar-refractivity contribution is 0.147. The Kier molecular flexibility index (Phi) is 5.60. The van der Waals surface area contributed by atoms with E-state index in [0.29, 0.717) is 5.76 Å². The molecule has 25 heavy (non-hydrogen) atoms. The van der Waals surface area contributed by atoms with E-state index in [1.165, 1.54) is 24.8 Å². The zero-order chi connectivity index (χ0) is 17.6. The van der Waals surface area contributed by atoms with E-state index < -0.39 is 6.10 Å². The molecule has 2 amide bonds. The van der Waals surface area contributed by atoms with Crippen LogP contribution >= 0.6 is 0 Å². The van der Waals surface area contributed by atoms with Crippen LogP contribution in [0.25, 0.3) is 0 Å². The minimum atomic E-state index is -0.852. The molecule has 1 saturated heterocycles. The Bertz CT molecular complexity index is 681. The molecule has 1 fully saturated rings. The minimum absolute atomic E-state index is 0.0971. The minimum Gasteiger partial charge on any atom is -0.467 e. The number of amides is 2. The number of aliphatic hydroxyl groups excluding tert-OH is 1. The number of benzene rings is 1. The topological polar surface area (TPSA) is 77.7 Å². The molecule has 1 aliphatic heterocycles. The summed E-state index contributed by atoms with van der Waals surface area (Å²) in [4.78, 5) is 14.4. The Morgan fingerprint density at radius 2 is 2.08 bits per heavy atom. The maximum atomic E-state index is 12.1.